The van der Waals surface area contributed by atoms with Gasteiger partial charge in [0, 0.05) is 17.0 Å². The van der Waals surface area contributed by atoms with Crippen LogP contribution < -0.4 is 5.36 Å². The van der Waals surface area contributed by atoms with Crippen molar-refractivity contribution in [3.63, 3.8) is 0 Å². The van der Waals surface area contributed by atoms with Crippen molar-refractivity contribution in [3.05, 3.63) is 65.5 Å². The third kappa shape index (κ3) is 2.18. The molecule has 1 heterocycles. The zero-order valence-electron chi connectivity index (χ0n) is 11.2. The van der Waals surface area contributed by atoms with Crippen molar-refractivity contribution in [3.8, 4) is 11.3 Å². The molecule has 0 atom stereocenters. The van der Waals surface area contributed by atoms with Crippen LogP contribution in [0.5, 0.6) is 0 Å². The maximum absolute atomic E-state index is 9.25. The molecule has 3 nitrogen and oxygen atoms in total. The van der Waals surface area contributed by atoms with Crippen molar-refractivity contribution in [1.82, 2.24) is 0 Å². The van der Waals surface area contributed by atoms with Crippen LogP contribution in [0.25, 0.3) is 22.3 Å². The molecule has 0 aliphatic heterocycles. The van der Waals surface area contributed by atoms with E-state index in [1.807, 2.05) is 48.5 Å². The van der Waals surface area contributed by atoms with E-state index in [1.54, 1.807) is 6.07 Å². The molecule has 3 aromatic rings. The molecule has 0 unspecified atom stereocenters. The normalized spacial score (nSPS) is 11.9. The maximum atomic E-state index is 9.25. The van der Waals surface area contributed by atoms with Crippen molar-refractivity contribution in [2.45, 2.75) is 13.3 Å². The summed E-state index contributed by atoms with van der Waals surface area (Å²) in [6.45, 7) is 2.09. The van der Waals surface area contributed by atoms with Crippen LogP contribution in [-0.2, 0) is 6.42 Å². The molecule has 3 rings (SSSR count). The molecule has 0 aliphatic rings. The highest BCUT2D eigenvalue weighted by Crippen LogP contribution is 2.22. The summed E-state index contributed by atoms with van der Waals surface area (Å²) >= 11 is 0. The van der Waals surface area contributed by atoms with E-state index in [4.69, 9.17) is 4.42 Å². The van der Waals surface area contributed by atoms with Crippen molar-refractivity contribution in [2.75, 3.05) is 0 Å². The van der Waals surface area contributed by atoms with Gasteiger partial charge in [-0.25, -0.2) is 0 Å². The van der Waals surface area contributed by atoms with Gasteiger partial charge in [0.15, 0.2) is 0 Å². The van der Waals surface area contributed by atoms with Crippen LogP contribution in [0.2, 0.25) is 0 Å². The molecule has 1 aromatic heterocycles. The highest BCUT2D eigenvalue weighted by atomic mass is 16.4. The van der Waals surface area contributed by atoms with Gasteiger partial charge in [-0.15, -0.1) is 0 Å². The van der Waals surface area contributed by atoms with Gasteiger partial charge in [0.05, 0.1) is 0 Å². The second-order valence-electron chi connectivity index (χ2n) is 4.65. The molecule has 0 radical (unpaired) electrons. The summed E-state index contributed by atoms with van der Waals surface area (Å²) in [5.41, 5.74) is 2.86. The lowest BCUT2D eigenvalue weighted by Crippen LogP contribution is -2.03. The van der Waals surface area contributed by atoms with Gasteiger partial charge < -0.3 is 9.62 Å². The average molecular weight is 265 g/mol. The first-order valence-corrected chi connectivity index (χ1v) is 6.62. The smallest absolute Gasteiger partial charge is 0.137 e. The number of nitrogens with zero attached hydrogens (tertiary/aromatic N) is 1. The van der Waals surface area contributed by atoms with Crippen LogP contribution in [0.3, 0.4) is 0 Å². The minimum absolute atomic E-state index is 0.528. The van der Waals surface area contributed by atoms with Crippen molar-refractivity contribution in [1.29, 1.82) is 0 Å². The summed E-state index contributed by atoms with van der Waals surface area (Å²) in [6, 6.07) is 17.5. The molecule has 20 heavy (non-hydrogen) atoms. The van der Waals surface area contributed by atoms with Crippen LogP contribution in [0.1, 0.15) is 12.5 Å². The summed E-state index contributed by atoms with van der Waals surface area (Å²) in [6.07, 6.45) is 0.932. The average Bonchev–Trinajstić information content (AvgIpc) is 2.54. The minimum atomic E-state index is 0.528. The van der Waals surface area contributed by atoms with E-state index >= 15 is 0 Å². The van der Waals surface area contributed by atoms with Crippen LogP contribution in [0, 0.1) is 0 Å². The third-order valence-corrected chi connectivity index (χ3v) is 3.38. The van der Waals surface area contributed by atoms with Crippen LogP contribution >= 0.6 is 0 Å². The van der Waals surface area contributed by atoms with Gasteiger partial charge in [-0.2, -0.15) is 0 Å². The molecular formula is C17H15NO2. The molecule has 0 amide bonds. The fourth-order valence-corrected chi connectivity index (χ4v) is 2.26. The zero-order chi connectivity index (χ0) is 13.9. The largest absolute Gasteiger partial charge is 0.456 e. The summed E-state index contributed by atoms with van der Waals surface area (Å²) < 4.78 is 5.92. The predicted molar refractivity (Wildman–Crippen MR) is 78.4 cm³/mol. The Bertz CT molecular complexity index is 804. The molecule has 0 saturated heterocycles. The maximum Gasteiger partial charge on any atom is 0.137 e. The number of hydrogen-bond donors (Lipinski definition) is 1. The summed E-state index contributed by atoms with van der Waals surface area (Å²) in [5, 5.41) is 14.0. The Labute approximate surface area is 116 Å². The van der Waals surface area contributed by atoms with Crippen molar-refractivity contribution in [2.24, 2.45) is 5.16 Å². The lowest BCUT2D eigenvalue weighted by molar-refractivity contribution is 0.302. The van der Waals surface area contributed by atoms with Crippen molar-refractivity contribution >= 4 is 11.0 Å². The first-order chi connectivity index (χ1) is 9.81. The standard InChI is InChI=1S/C17H15NO2/c1-2-12-8-9-16-14(10-12)15(18-19)11-17(20-16)13-6-4-3-5-7-13/h3-11,19H,2H2,1H3/b18-15-. The fourth-order valence-electron chi connectivity index (χ4n) is 2.26. The summed E-state index contributed by atoms with van der Waals surface area (Å²) in [7, 11) is 0. The van der Waals surface area contributed by atoms with Gasteiger partial charge in [0.2, 0.25) is 0 Å². The van der Waals surface area contributed by atoms with E-state index in [-0.39, 0.29) is 0 Å². The Morgan fingerprint density at radius 1 is 1.05 bits per heavy atom. The summed E-state index contributed by atoms with van der Waals surface area (Å²) in [5.74, 6) is 0.690. The van der Waals surface area contributed by atoms with E-state index in [0.717, 1.165) is 23.0 Å². The van der Waals surface area contributed by atoms with Gasteiger partial charge >= 0.3 is 0 Å². The predicted octanol–water partition coefficient (Wildman–Crippen LogP) is 3.95. The van der Waals surface area contributed by atoms with E-state index < -0.39 is 0 Å². The molecule has 0 spiro atoms. The van der Waals surface area contributed by atoms with E-state index in [0.29, 0.717) is 11.1 Å². The van der Waals surface area contributed by atoms with Crippen LogP contribution in [0.4, 0.5) is 0 Å². The molecular weight excluding hydrogens is 250 g/mol. The Kier molecular flexibility index (Phi) is 3.25. The first kappa shape index (κ1) is 12.5. The lowest BCUT2D eigenvalue weighted by atomic mass is 10.1. The fraction of sp³-hybridized carbons (Fsp3) is 0.118. The van der Waals surface area contributed by atoms with E-state index in [9.17, 15) is 5.21 Å². The molecule has 1 N–H and O–H groups in total. The Balaban J connectivity index is 2.29. The molecule has 0 saturated carbocycles. The highest BCUT2D eigenvalue weighted by molar-refractivity contribution is 5.79. The zero-order valence-corrected chi connectivity index (χ0v) is 11.2. The molecule has 0 fully saturated rings. The third-order valence-electron chi connectivity index (χ3n) is 3.38. The SMILES string of the molecule is CCc1ccc2oc(-c3ccccc3)c/c(=N/O)c2c1. The van der Waals surface area contributed by atoms with E-state index in [1.165, 1.54) is 5.56 Å². The van der Waals surface area contributed by atoms with E-state index in [2.05, 4.69) is 12.1 Å². The topological polar surface area (TPSA) is 45.7 Å². The molecule has 0 bridgehead atoms. The quantitative estimate of drug-likeness (QED) is 0.563. The highest BCUT2D eigenvalue weighted by Gasteiger charge is 2.06. The van der Waals surface area contributed by atoms with Gasteiger partial charge in [-0.05, 0) is 24.1 Å². The molecule has 100 valence electrons. The number of benzene rings is 2. The molecule has 3 heteroatoms. The Morgan fingerprint density at radius 3 is 2.55 bits per heavy atom. The lowest BCUT2D eigenvalue weighted by Gasteiger charge is -2.05. The first-order valence-electron chi connectivity index (χ1n) is 6.62. The van der Waals surface area contributed by atoms with Gasteiger partial charge in [0.25, 0.3) is 0 Å². The number of aryl methyl sites for hydroxylation is 1. The van der Waals surface area contributed by atoms with Crippen molar-refractivity contribution < 1.29 is 9.62 Å². The second-order valence-corrected chi connectivity index (χ2v) is 4.65. The minimum Gasteiger partial charge on any atom is -0.456 e. The van der Waals surface area contributed by atoms with Gasteiger partial charge in [-0.1, -0.05) is 48.5 Å². The Morgan fingerprint density at radius 2 is 1.85 bits per heavy atom. The van der Waals surface area contributed by atoms with Crippen LogP contribution in [-0.4, -0.2) is 5.21 Å². The summed E-state index contributed by atoms with van der Waals surface area (Å²) in [4.78, 5) is 0. The second kappa shape index (κ2) is 5.21. The molecule has 2 aromatic carbocycles. The Hall–Kier alpha value is -2.55. The number of fused-ring (bicyclic) bond motifs is 1. The number of rotatable bonds is 2. The molecule has 0 aliphatic carbocycles. The monoisotopic (exact) mass is 265 g/mol. The number of hydrogen-bond acceptors (Lipinski definition) is 3. The van der Waals surface area contributed by atoms with Gasteiger partial charge in [-0.3, -0.25) is 0 Å². The van der Waals surface area contributed by atoms with Crippen LogP contribution in [0.15, 0.2) is 64.2 Å². The van der Waals surface area contributed by atoms with Gasteiger partial charge in [0.1, 0.15) is 16.7 Å².